The summed E-state index contributed by atoms with van der Waals surface area (Å²) in [7, 11) is 0. The monoisotopic (exact) mass is 382 g/mol. The lowest BCUT2D eigenvalue weighted by atomic mass is 9.99. The van der Waals surface area contributed by atoms with Crippen molar-refractivity contribution in [3.05, 3.63) is 96.2 Å². The number of rotatable bonds is 3. The van der Waals surface area contributed by atoms with E-state index in [0.717, 1.165) is 22.9 Å². The SMILES string of the molecule is [2H]C([2H])([2H])c1cnc(-c2cc(-c3ccccc3)c3nc(-c4ccccc4)oc3c2)cc1C([2H])([2H])[2H]. The first kappa shape index (κ1) is 12.0. The van der Waals surface area contributed by atoms with E-state index in [1.54, 1.807) is 6.07 Å². The van der Waals surface area contributed by atoms with Gasteiger partial charge in [0.15, 0.2) is 5.58 Å². The molecule has 5 rings (SSSR count). The molecule has 0 radical (unpaired) electrons. The van der Waals surface area contributed by atoms with Crippen LogP contribution in [0.25, 0.3) is 44.9 Å². The quantitative estimate of drug-likeness (QED) is 0.343. The average Bonchev–Trinajstić information content (AvgIpc) is 3.27. The van der Waals surface area contributed by atoms with Gasteiger partial charge in [-0.05, 0) is 60.7 Å². The summed E-state index contributed by atoms with van der Waals surface area (Å²) in [6, 6.07) is 24.2. The van der Waals surface area contributed by atoms with Gasteiger partial charge in [-0.2, -0.15) is 0 Å². The molecule has 0 atom stereocenters. The summed E-state index contributed by atoms with van der Waals surface area (Å²) in [5.74, 6) is 0.462. The number of hydrogen-bond acceptors (Lipinski definition) is 3. The molecular weight excluding hydrogens is 356 g/mol. The van der Waals surface area contributed by atoms with E-state index in [-0.39, 0.29) is 11.1 Å². The molecular formula is C26H20N2O. The third-order valence-electron chi connectivity index (χ3n) is 4.80. The fourth-order valence-corrected chi connectivity index (χ4v) is 3.33. The largest absolute Gasteiger partial charge is 0.436 e. The molecule has 0 unspecified atom stereocenters. The maximum atomic E-state index is 7.89. The van der Waals surface area contributed by atoms with Crippen molar-refractivity contribution in [2.75, 3.05) is 0 Å². The van der Waals surface area contributed by atoms with E-state index in [0.29, 0.717) is 28.2 Å². The molecule has 140 valence electrons. The molecule has 0 saturated heterocycles. The van der Waals surface area contributed by atoms with Crippen molar-refractivity contribution >= 4 is 11.1 Å². The molecule has 3 nitrogen and oxygen atoms in total. The highest BCUT2D eigenvalue weighted by atomic mass is 16.3. The lowest BCUT2D eigenvalue weighted by molar-refractivity contribution is 0.620. The molecule has 0 N–H and O–H groups in total. The highest BCUT2D eigenvalue weighted by Crippen LogP contribution is 2.36. The van der Waals surface area contributed by atoms with Gasteiger partial charge in [0.25, 0.3) is 0 Å². The molecule has 0 aliphatic rings. The van der Waals surface area contributed by atoms with Gasteiger partial charge in [0.05, 0.1) is 5.69 Å². The third kappa shape index (κ3) is 3.21. The van der Waals surface area contributed by atoms with Crippen LogP contribution in [0.3, 0.4) is 0 Å². The fraction of sp³-hybridized carbons (Fsp3) is 0.0769. The van der Waals surface area contributed by atoms with Crippen LogP contribution in [0.1, 0.15) is 19.4 Å². The summed E-state index contributed by atoms with van der Waals surface area (Å²) in [5.41, 5.74) is 4.10. The van der Waals surface area contributed by atoms with E-state index in [1.165, 1.54) is 6.07 Å². The summed E-state index contributed by atoms with van der Waals surface area (Å²) in [6.07, 6.45) is 1.13. The van der Waals surface area contributed by atoms with E-state index in [9.17, 15) is 0 Å². The second kappa shape index (κ2) is 7.02. The third-order valence-corrected chi connectivity index (χ3v) is 4.80. The normalized spacial score (nSPS) is 15.0. The van der Waals surface area contributed by atoms with Crippen LogP contribution in [0.15, 0.2) is 89.5 Å². The summed E-state index contributed by atoms with van der Waals surface area (Å²) < 4.78 is 53.0. The van der Waals surface area contributed by atoms with Crippen molar-refractivity contribution in [1.82, 2.24) is 9.97 Å². The lowest BCUT2D eigenvalue weighted by Crippen LogP contribution is -1.90. The van der Waals surface area contributed by atoms with Crippen LogP contribution in [-0.4, -0.2) is 9.97 Å². The van der Waals surface area contributed by atoms with Crippen LogP contribution in [0.2, 0.25) is 0 Å². The van der Waals surface area contributed by atoms with Gasteiger partial charge in [-0.25, -0.2) is 4.98 Å². The van der Waals surface area contributed by atoms with E-state index in [4.69, 9.17) is 17.6 Å². The van der Waals surface area contributed by atoms with Crippen LogP contribution >= 0.6 is 0 Å². The van der Waals surface area contributed by atoms with E-state index in [2.05, 4.69) is 4.98 Å². The second-order valence-corrected chi connectivity index (χ2v) is 6.74. The predicted molar refractivity (Wildman–Crippen MR) is 118 cm³/mol. The Morgan fingerprint density at radius 3 is 2.21 bits per heavy atom. The number of nitrogens with zero attached hydrogens (tertiary/aromatic N) is 2. The van der Waals surface area contributed by atoms with Gasteiger partial charge in [0.2, 0.25) is 5.89 Å². The van der Waals surface area contributed by atoms with Gasteiger partial charge in [-0.1, -0.05) is 48.5 Å². The second-order valence-electron chi connectivity index (χ2n) is 6.74. The summed E-state index contributed by atoms with van der Waals surface area (Å²) in [4.78, 5) is 9.07. The topological polar surface area (TPSA) is 38.9 Å². The number of aromatic nitrogens is 2. The Bertz CT molecular complexity index is 1510. The number of fused-ring (bicyclic) bond motifs is 1. The maximum absolute atomic E-state index is 7.89. The minimum Gasteiger partial charge on any atom is -0.436 e. The Labute approximate surface area is 178 Å². The molecule has 0 spiro atoms. The molecule has 29 heavy (non-hydrogen) atoms. The molecule has 5 aromatic rings. The smallest absolute Gasteiger partial charge is 0.227 e. The first-order chi connectivity index (χ1) is 16.6. The van der Waals surface area contributed by atoms with Crippen LogP contribution in [0, 0.1) is 13.7 Å². The van der Waals surface area contributed by atoms with Crippen LogP contribution in [0.5, 0.6) is 0 Å². The minimum atomic E-state index is -2.61. The van der Waals surface area contributed by atoms with Gasteiger partial charge >= 0.3 is 0 Å². The minimum absolute atomic E-state index is 0.244. The van der Waals surface area contributed by atoms with Gasteiger partial charge in [-0.3, -0.25) is 4.98 Å². The first-order valence-corrected chi connectivity index (χ1v) is 9.18. The summed E-state index contributed by atoms with van der Waals surface area (Å²) >= 11 is 0. The molecule has 0 saturated carbocycles. The number of benzene rings is 3. The van der Waals surface area contributed by atoms with E-state index < -0.39 is 13.7 Å². The maximum Gasteiger partial charge on any atom is 0.227 e. The zero-order valence-corrected chi connectivity index (χ0v) is 15.4. The molecule has 0 amide bonds. The number of aryl methyl sites for hydroxylation is 2. The number of hydrogen-bond donors (Lipinski definition) is 0. The summed E-state index contributed by atoms with van der Waals surface area (Å²) in [5, 5.41) is 0. The highest BCUT2D eigenvalue weighted by molar-refractivity contribution is 5.95. The van der Waals surface area contributed by atoms with E-state index >= 15 is 0 Å². The standard InChI is InChI=1S/C26H20N2O/c1-17-13-23(27-16-18(17)2)21-14-22(19-9-5-3-6-10-19)25-24(15-21)29-26(28-25)20-11-7-4-8-12-20/h3-16H,1-2H3/i1D3,2D3. The lowest BCUT2D eigenvalue weighted by Gasteiger charge is -2.08. The molecule has 3 aromatic carbocycles. The average molecular weight is 382 g/mol. The van der Waals surface area contributed by atoms with Gasteiger partial charge < -0.3 is 4.42 Å². The van der Waals surface area contributed by atoms with Crippen molar-refractivity contribution in [2.45, 2.75) is 13.7 Å². The summed E-state index contributed by atoms with van der Waals surface area (Å²) in [6.45, 7) is -5.20. The molecule has 3 heteroatoms. The molecule has 0 fully saturated rings. The van der Waals surface area contributed by atoms with Crippen molar-refractivity contribution in [1.29, 1.82) is 0 Å². The molecule has 0 bridgehead atoms. The molecule has 2 aromatic heterocycles. The van der Waals surface area contributed by atoms with Crippen molar-refractivity contribution in [2.24, 2.45) is 0 Å². The zero-order valence-electron chi connectivity index (χ0n) is 21.4. The Hall–Kier alpha value is -3.72. The Balaban J connectivity index is 1.75. The zero-order chi connectivity index (χ0) is 24.8. The van der Waals surface area contributed by atoms with Crippen molar-refractivity contribution < 1.29 is 12.6 Å². The van der Waals surface area contributed by atoms with Gasteiger partial charge in [-0.15, -0.1) is 0 Å². The highest BCUT2D eigenvalue weighted by Gasteiger charge is 2.16. The Morgan fingerprint density at radius 1 is 0.759 bits per heavy atom. The van der Waals surface area contributed by atoms with Crippen LogP contribution < -0.4 is 0 Å². The Kier molecular flexibility index (Phi) is 2.90. The van der Waals surface area contributed by atoms with E-state index in [1.807, 2.05) is 66.7 Å². The predicted octanol–water partition coefficient (Wildman–Crippen LogP) is 6.84. The number of pyridine rings is 1. The van der Waals surface area contributed by atoms with Gasteiger partial charge in [0.1, 0.15) is 5.52 Å². The Morgan fingerprint density at radius 2 is 1.48 bits per heavy atom. The van der Waals surface area contributed by atoms with Crippen LogP contribution in [-0.2, 0) is 0 Å². The fourth-order valence-electron chi connectivity index (χ4n) is 3.33. The van der Waals surface area contributed by atoms with Crippen molar-refractivity contribution in [3.8, 4) is 33.8 Å². The van der Waals surface area contributed by atoms with Gasteiger partial charge in [0, 0.05) is 31.1 Å². The number of oxazole rings is 1. The molecule has 0 aliphatic carbocycles. The first-order valence-electron chi connectivity index (χ1n) is 12.2. The molecule has 0 aliphatic heterocycles. The van der Waals surface area contributed by atoms with Crippen LogP contribution in [0.4, 0.5) is 0 Å². The van der Waals surface area contributed by atoms with Crippen molar-refractivity contribution in [3.63, 3.8) is 0 Å². The molecule has 2 heterocycles.